The Kier molecular flexibility index (Phi) is 27.1. The summed E-state index contributed by atoms with van der Waals surface area (Å²) in [6, 6.07) is 0. The van der Waals surface area contributed by atoms with Gasteiger partial charge in [-0.25, -0.2) is 9.59 Å². The molecule has 0 radical (unpaired) electrons. The van der Waals surface area contributed by atoms with E-state index in [2.05, 4.69) is 0 Å². The summed E-state index contributed by atoms with van der Waals surface area (Å²) in [6.45, 7) is 22.4. The van der Waals surface area contributed by atoms with Crippen LogP contribution in [0.4, 0.5) is 0 Å². The number of carbonyl (C=O) groups excluding carboxylic acids is 2. The molecule has 4 fully saturated rings. The number of hydrogen-bond donors (Lipinski definition) is 8. The lowest BCUT2D eigenvalue weighted by atomic mass is 9.80. The van der Waals surface area contributed by atoms with E-state index in [4.69, 9.17) is 42.6 Å². The molecule has 0 saturated carbocycles. The zero-order valence-electron chi connectivity index (χ0n) is 50.9. The third-order valence-corrected chi connectivity index (χ3v) is 18.0. The smallest absolute Gasteiger partial charge is 0.331 e. The van der Waals surface area contributed by atoms with Crippen LogP contribution in [0.1, 0.15) is 154 Å². The third kappa shape index (κ3) is 18.2. The van der Waals surface area contributed by atoms with Crippen molar-refractivity contribution >= 4 is 11.9 Å². The number of methoxy groups -OCH3 is 1. The Labute approximate surface area is 487 Å². The third-order valence-electron chi connectivity index (χ3n) is 18.0. The molecular formula is C63H102O19. The standard InChI is InChI=1S/C63H102O19/c1-14-41-22-20-24-43(16-3)59(35(7)48(65)31-62(73)33-50(45(18-5)37(9)81-62)78-61-58(72)57(71)56(70)40(12)76-61)79-52(67)28-26-42(15-2)23-21-25-44(17-4)60(80-53(68)29-27-41)36(8)49(66)32-63(74-13)34-51(46(19-6)38(10)82-63)77-54-30-47(64)55(69)39(11)75-54/h20-29,35-40,43-51,54-61,64-66,69-73H,14-19,30-34H2,1-13H3/b24-20+,25-21+,28-26-,29-27+,41-22+,42-23-. The SMILES string of the molecule is CCC1=C/C=C/C(CC)C(C(C)C(O)CC2(OC)CC(OC3CC(O)C(O)C(C)O3)C(CC)C(C)O2)OC(=O)/C=C/C(CC)=C/C=C/C(CC)C(C(C)C(O)CC2(O)CC(OC3OC(C)C(O)C(O)C3O)C(CC)C(C)O2)OC(=O)/C=C\1. The van der Waals surface area contributed by atoms with Crippen molar-refractivity contribution in [2.75, 3.05) is 7.11 Å². The first-order valence-corrected chi connectivity index (χ1v) is 30.3. The van der Waals surface area contributed by atoms with Gasteiger partial charge in [0.25, 0.3) is 0 Å². The van der Waals surface area contributed by atoms with E-state index >= 15 is 0 Å². The second kappa shape index (κ2) is 32.0. The fourth-order valence-corrected chi connectivity index (χ4v) is 12.6. The average Bonchev–Trinajstić information content (AvgIpc) is 3.45. The molecular weight excluding hydrogens is 1060 g/mol. The Morgan fingerprint density at radius 1 is 0.598 bits per heavy atom. The van der Waals surface area contributed by atoms with Gasteiger partial charge in [0, 0.05) is 86.9 Å². The molecule has 8 N–H and O–H groups in total. The number of rotatable bonds is 19. The van der Waals surface area contributed by atoms with Gasteiger partial charge in [-0.05, 0) is 77.4 Å². The van der Waals surface area contributed by atoms with Crippen LogP contribution in [-0.2, 0) is 52.2 Å². The minimum atomic E-state index is -1.92. The summed E-state index contributed by atoms with van der Waals surface area (Å²) >= 11 is 0. The Balaban J connectivity index is 1.39. The van der Waals surface area contributed by atoms with Gasteiger partial charge in [0.2, 0.25) is 0 Å². The van der Waals surface area contributed by atoms with Crippen LogP contribution in [-0.4, -0.2) is 176 Å². The number of cyclic esters (lactones) is 2. The highest BCUT2D eigenvalue weighted by molar-refractivity contribution is 5.83. The van der Waals surface area contributed by atoms with Gasteiger partial charge in [0.05, 0.1) is 54.9 Å². The summed E-state index contributed by atoms with van der Waals surface area (Å²) in [5.41, 5.74) is 1.56. The zero-order chi connectivity index (χ0) is 60.8. The molecule has 0 aromatic rings. The lowest BCUT2D eigenvalue weighted by molar-refractivity contribution is -0.346. The van der Waals surface area contributed by atoms with Crippen LogP contribution in [0.3, 0.4) is 0 Å². The van der Waals surface area contributed by atoms with Crippen LogP contribution in [0, 0.1) is 35.5 Å². The number of aliphatic hydroxyl groups excluding tert-OH is 7. The fourth-order valence-electron chi connectivity index (χ4n) is 12.6. The molecule has 0 bridgehead atoms. The second-order valence-electron chi connectivity index (χ2n) is 23.7. The highest BCUT2D eigenvalue weighted by Crippen LogP contribution is 2.44. The minimum Gasteiger partial charge on any atom is -0.458 e. The summed E-state index contributed by atoms with van der Waals surface area (Å²) < 4.78 is 56.1. The van der Waals surface area contributed by atoms with Gasteiger partial charge in [0.15, 0.2) is 24.2 Å². The number of hydrogen-bond acceptors (Lipinski definition) is 19. The normalized spacial score (nSPS) is 43.7. The second-order valence-corrected chi connectivity index (χ2v) is 23.7. The van der Waals surface area contributed by atoms with Gasteiger partial charge in [0.1, 0.15) is 36.6 Å². The number of allylic oxidation sites excluding steroid dienone is 8. The molecule has 25 unspecified atom stereocenters. The molecule has 82 heavy (non-hydrogen) atoms. The quantitative estimate of drug-likeness (QED) is 0.0625. The number of esters is 2. The molecule has 0 aromatic carbocycles. The van der Waals surface area contributed by atoms with Crippen molar-refractivity contribution in [3.63, 3.8) is 0 Å². The maximum absolute atomic E-state index is 14.0. The molecule has 25 atom stereocenters. The van der Waals surface area contributed by atoms with Crippen LogP contribution in [0.2, 0.25) is 0 Å². The molecule has 19 nitrogen and oxygen atoms in total. The molecule has 0 amide bonds. The van der Waals surface area contributed by atoms with Crippen LogP contribution in [0.5, 0.6) is 0 Å². The van der Waals surface area contributed by atoms with E-state index in [0.717, 1.165) is 11.1 Å². The van der Waals surface area contributed by atoms with Gasteiger partial charge in [-0.2, -0.15) is 0 Å². The fraction of sp³-hybridized carbons (Fsp3) is 0.778. The Morgan fingerprint density at radius 2 is 1.09 bits per heavy atom. The summed E-state index contributed by atoms with van der Waals surface area (Å²) in [7, 11) is 1.53. The first-order chi connectivity index (χ1) is 38.8. The molecule has 0 aliphatic carbocycles. The minimum absolute atomic E-state index is 0.0139. The van der Waals surface area contributed by atoms with Crippen molar-refractivity contribution < 1.29 is 93.1 Å². The van der Waals surface area contributed by atoms with Crippen LogP contribution < -0.4 is 0 Å². The molecule has 5 aliphatic heterocycles. The largest absolute Gasteiger partial charge is 0.458 e. The predicted octanol–water partition coefficient (Wildman–Crippen LogP) is 6.70. The van der Waals surface area contributed by atoms with Gasteiger partial charge in [-0.15, -0.1) is 0 Å². The van der Waals surface area contributed by atoms with E-state index in [0.29, 0.717) is 38.5 Å². The maximum Gasteiger partial charge on any atom is 0.331 e. The topological polar surface area (TPSA) is 279 Å². The molecule has 19 heteroatoms. The van der Waals surface area contributed by atoms with Crippen molar-refractivity contribution in [2.45, 2.75) is 269 Å². The maximum atomic E-state index is 14.0. The summed E-state index contributed by atoms with van der Waals surface area (Å²) in [4.78, 5) is 27.9. The lowest BCUT2D eigenvalue weighted by Crippen LogP contribution is -2.60. The molecule has 0 aromatic heterocycles. The van der Waals surface area contributed by atoms with Gasteiger partial charge in [-0.3, -0.25) is 0 Å². The highest BCUT2D eigenvalue weighted by atomic mass is 16.7. The van der Waals surface area contributed by atoms with Crippen molar-refractivity contribution in [3.8, 4) is 0 Å². The molecule has 4 saturated heterocycles. The molecule has 5 rings (SSSR count). The molecule has 468 valence electrons. The van der Waals surface area contributed by atoms with Crippen molar-refractivity contribution in [1.29, 1.82) is 0 Å². The summed E-state index contributed by atoms with van der Waals surface area (Å²) in [5.74, 6) is -6.99. The Hall–Kier alpha value is -3.22. The number of carbonyl (C=O) groups is 2. The molecule has 5 heterocycles. The number of aliphatic hydroxyl groups is 8. The summed E-state index contributed by atoms with van der Waals surface area (Å²) in [6.07, 6.45) is 4.49. The molecule has 0 spiro atoms. The van der Waals surface area contributed by atoms with Crippen molar-refractivity contribution in [2.24, 2.45) is 35.5 Å². The predicted molar refractivity (Wildman–Crippen MR) is 306 cm³/mol. The Bertz CT molecular complexity index is 2170. The van der Waals surface area contributed by atoms with Crippen molar-refractivity contribution in [1.82, 2.24) is 0 Å². The zero-order valence-corrected chi connectivity index (χ0v) is 50.9. The molecule has 5 aliphatic rings. The van der Waals surface area contributed by atoms with E-state index in [1.54, 1.807) is 39.8 Å². The van der Waals surface area contributed by atoms with Crippen LogP contribution in [0.25, 0.3) is 0 Å². The van der Waals surface area contributed by atoms with E-state index in [1.807, 2.05) is 91.8 Å². The van der Waals surface area contributed by atoms with Crippen LogP contribution in [0.15, 0.2) is 71.9 Å². The van der Waals surface area contributed by atoms with E-state index in [-0.39, 0.29) is 56.0 Å². The van der Waals surface area contributed by atoms with E-state index in [1.165, 1.54) is 19.3 Å². The van der Waals surface area contributed by atoms with Crippen molar-refractivity contribution in [3.05, 3.63) is 71.9 Å². The van der Waals surface area contributed by atoms with Gasteiger partial charge < -0.3 is 83.5 Å². The highest BCUT2D eigenvalue weighted by Gasteiger charge is 2.52. The average molecular weight is 1160 g/mol. The van der Waals surface area contributed by atoms with E-state index < -0.39 is 139 Å². The first-order valence-electron chi connectivity index (χ1n) is 30.3. The first kappa shape index (κ1) is 69.6. The van der Waals surface area contributed by atoms with Gasteiger partial charge in [-0.1, -0.05) is 104 Å². The lowest BCUT2D eigenvalue weighted by Gasteiger charge is -2.49. The van der Waals surface area contributed by atoms with Gasteiger partial charge >= 0.3 is 11.9 Å². The monoisotopic (exact) mass is 1160 g/mol. The van der Waals surface area contributed by atoms with Crippen LogP contribution >= 0.6 is 0 Å². The number of ether oxygens (including phenoxy) is 9. The Morgan fingerprint density at radius 3 is 1.56 bits per heavy atom. The van der Waals surface area contributed by atoms with E-state index in [9.17, 15) is 50.4 Å². The summed E-state index contributed by atoms with van der Waals surface area (Å²) in [5, 5.41) is 88.8.